The number of ketones is 2. The third kappa shape index (κ3) is 7.29. The van der Waals surface area contributed by atoms with Crippen LogP contribution in [0.1, 0.15) is 87.6 Å². The van der Waals surface area contributed by atoms with Crippen LogP contribution in [-0.4, -0.2) is 74.8 Å². The van der Waals surface area contributed by atoms with Crippen LogP contribution in [0.5, 0.6) is 0 Å². The van der Waals surface area contributed by atoms with Crippen molar-refractivity contribution in [3.63, 3.8) is 0 Å². The van der Waals surface area contributed by atoms with Crippen LogP contribution in [0, 0.1) is 11.8 Å². The second kappa shape index (κ2) is 13.4. The highest BCUT2D eigenvalue weighted by Gasteiger charge is 2.42. The van der Waals surface area contributed by atoms with Crippen LogP contribution in [-0.2, 0) is 23.8 Å². The molecule has 11 nitrogen and oxygen atoms in total. The summed E-state index contributed by atoms with van der Waals surface area (Å²) in [7, 11) is 0. The maximum absolute atomic E-state index is 13.2. The summed E-state index contributed by atoms with van der Waals surface area (Å²) in [6, 6.07) is 9.36. The second-order valence-electron chi connectivity index (χ2n) is 13.3. The normalized spacial score (nSPS) is 21.3. The Morgan fingerprint density at radius 2 is 1.57 bits per heavy atom. The molecule has 0 radical (unpaired) electrons. The van der Waals surface area contributed by atoms with Gasteiger partial charge in [0.25, 0.3) is 0 Å². The molecule has 244 valence electrons. The van der Waals surface area contributed by atoms with E-state index < -0.39 is 36.1 Å². The predicted octanol–water partition coefficient (Wildman–Crippen LogP) is 5.68. The van der Waals surface area contributed by atoms with E-state index in [4.69, 9.17) is 14.2 Å². The topological polar surface area (TPSA) is 134 Å². The number of fused-ring (bicyclic) bond motifs is 1. The predicted molar refractivity (Wildman–Crippen MR) is 168 cm³/mol. The van der Waals surface area contributed by atoms with Crippen molar-refractivity contribution in [1.29, 1.82) is 0 Å². The van der Waals surface area contributed by atoms with Gasteiger partial charge in [-0.2, -0.15) is 0 Å². The van der Waals surface area contributed by atoms with Gasteiger partial charge in [-0.1, -0.05) is 31.2 Å². The van der Waals surface area contributed by atoms with E-state index in [1.165, 1.54) is 4.90 Å². The van der Waals surface area contributed by atoms with Gasteiger partial charge < -0.3 is 18.6 Å². The zero-order chi connectivity index (χ0) is 33.2. The van der Waals surface area contributed by atoms with E-state index in [0.29, 0.717) is 35.5 Å². The molecule has 3 heterocycles. The first kappa shape index (κ1) is 32.8. The second-order valence-corrected chi connectivity index (χ2v) is 13.3. The lowest BCUT2D eigenvalue weighted by atomic mass is 10.1. The van der Waals surface area contributed by atoms with Gasteiger partial charge in [-0.05, 0) is 77.8 Å². The number of hydrogen-bond acceptors (Lipinski definition) is 9. The van der Waals surface area contributed by atoms with Crippen molar-refractivity contribution < 1.29 is 38.2 Å². The molecule has 1 aliphatic heterocycles. The molecule has 2 aliphatic rings. The summed E-state index contributed by atoms with van der Waals surface area (Å²) in [5.41, 5.74) is 1.80. The zero-order valence-corrected chi connectivity index (χ0v) is 27.0. The molecule has 0 bridgehead atoms. The fourth-order valence-electron chi connectivity index (χ4n) is 6.19. The Bertz CT molecular complexity index is 1640. The number of carbonyl (C=O) groups is 5. The molecule has 1 saturated heterocycles. The van der Waals surface area contributed by atoms with E-state index in [0.717, 1.165) is 24.8 Å². The largest absolute Gasteiger partial charge is 0.457 e. The molecule has 0 spiro atoms. The van der Waals surface area contributed by atoms with E-state index in [2.05, 4.69) is 11.9 Å². The number of carbonyl (C=O) groups excluding carboxylic acids is 5. The summed E-state index contributed by atoms with van der Waals surface area (Å²) in [6.07, 6.45) is 6.37. The van der Waals surface area contributed by atoms with Gasteiger partial charge in [0.05, 0.1) is 23.3 Å². The first-order valence-electron chi connectivity index (χ1n) is 15.8. The van der Waals surface area contributed by atoms with Gasteiger partial charge in [0.2, 0.25) is 5.78 Å². The monoisotopic (exact) mass is 631 g/mol. The number of Topliss-reactive ketones (excluding diaryl/α,β-unsaturated/α-hetero) is 2. The maximum atomic E-state index is 13.2. The molecule has 4 atom stereocenters. The summed E-state index contributed by atoms with van der Waals surface area (Å²) in [6.45, 7) is 8.40. The molecule has 0 unspecified atom stereocenters. The van der Waals surface area contributed by atoms with Crippen molar-refractivity contribution in [3.05, 3.63) is 60.0 Å². The first-order chi connectivity index (χ1) is 21.8. The Kier molecular flexibility index (Phi) is 9.60. The third-order valence-corrected chi connectivity index (χ3v) is 8.60. The molecule has 3 aromatic rings. The zero-order valence-electron chi connectivity index (χ0n) is 27.0. The molecule has 5 rings (SSSR count). The fraction of sp³-hybridized carbons (Fsp3) is 0.486. The third-order valence-electron chi connectivity index (χ3n) is 8.60. The Balaban J connectivity index is 1.22. The number of benzene rings is 1. The van der Waals surface area contributed by atoms with Gasteiger partial charge in [-0.3, -0.25) is 19.3 Å². The highest BCUT2D eigenvalue weighted by molar-refractivity contribution is 6.02. The van der Waals surface area contributed by atoms with Crippen LogP contribution in [0.4, 0.5) is 4.79 Å². The van der Waals surface area contributed by atoms with Crippen molar-refractivity contribution in [1.82, 2.24) is 14.3 Å². The molecule has 2 fully saturated rings. The van der Waals surface area contributed by atoms with Crippen molar-refractivity contribution in [3.8, 4) is 11.3 Å². The number of nitrogens with zero attached hydrogens (tertiary/aromatic N) is 3. The standard InChI is InChI=1S/C35H41N3O8/c1-21-8-10-25(17-21)32(41)44-19-29(39)24-13-11-23(12-14-24)28-18-36-31(26-7-6-16-37(26)28)30(40)20-45-33(42)27-15-9-22(2)38(27)34(43)46-35(3,4)5/h6-7,11-14,16,18,21-22,25,27H,8-10,15,17,19-20H2,1-5H3/t21-,22-,25+,27-/m0/s1. The molecule has 1 amide bonds. The van der Waals surface area contributed by atoms with E-state index in [-0.39, 0.29) is 36.0 Å². The minimum atomic E-state index is -0.834. The molecule has 11 heteroatoms. The number of aromatic nitrogens is 2. The first-order valence-corrected chi connectivity index (χ1v) is 15.8. The van der Waals surface area contributed by atoms with Gasteiger partial charge in [-0.15, -0.1) is 0 Å². The summed E-state index contributed by atoms with van der Waals surface area (Å²) < 4.78 is 18.0. The average molecular weight is 632 g/mol. The quantitative estimate of drug-likeness (QED) is 0.166. The lowest BCUT2D eigenvalue weighted by molar-refractivity contribution is -0.148. The molecule has 1 aliphatic carbocycles. The average Bonchev–Trinajstić information content (AvgIpc) is 3.77. The van der Waals surface area contributed by atoms with Crippen molar-refractivity contribution >= 4 is 35.1 Å². The van der Waals surface area contributed by atoms with Crippen LogP contribution in [0.25, 0.3) is 16.8 Å². The lowest BCUT2D eigenvalue weighted by Gasteiger charge is -2.30. The van der Waals surface area contributed by atoms with Crippen LogP contribution in [0.3, 0.4) is 0 Å². The minimum absolute atomic E-state index is 0.130. The molecular formula is C35H41N3O8. The summed E-state index contributed by atoms with van der Waals surface area (Å²) in [4.78, 5) is 69.7. The number of likely N-dealkylation sites (tertiary alicyclic amines) is 1. The van der Waals surface area contributed by atoms with E-state index >= 15 is 0 Å². The smallest absolute Gasteiger partial charge is 0.411 e. The Morgan fingerprint density at radius 3 is 2.24 bits per heavy atom. The Morgan fingerprint density at radius 1 is 0.870 bits per heavy atom. The van der Waals surface area contributed by atoms with Crippen molar-refractivity contribution in [2.75, 3.05) is 13.2 Å². The maximum Gasteiger partial charge on any atom is 0.411 e. The minimum Gasteiger partial charge on any atom is -0.457 e. The number of amides is 1. The summed E-state index contributed by atoms with van der Waals surface area (Å²) in [5, 5.41) is 0. The van der Waals surface area contributed by atoms with Gasteiger partial charge >= 0.3 is 18.0 Å². The summed E-state index contributed by atoms with van der Waals surface area (Å²) in [5.74, 6) is -1.38. The number of ether oxygens (including phenoxy) is 3. The SMILES string of the molecule is C[C@H]1CC[C@@H](C(=O)OCC(=O)c2ccc(-c3cnc(C(=O)COC(=O)[C@@H]4CC[C@H](C)N4C(=O)OC(C)(C)C)c4cccn34)cc2)C1. The fourth-order valence-corrected chi connectivity index (χ4v) is 6.19. The van der Waals surface area contributed by atoms with Crippen LogP contribution in [0.15, 0.2) is 48.8 Å². The Hall–Kier alpha value is -4.54. The molecule has 1 aromatic carbocycles. The van der Waals surface area contributed by atoms with E-state index in [1.807, 2.05) is 6.92 Å². The lowest BCUT2D eigenvalue weighted by Crippen LogP contribution is -2.47. The van der Waals surface area contributed by atoms with E-state index in [9.17, 15) is 24.0 Å². The molecular weight excluding hydrogens is 590 g/mol. The molecule has 46 heavy (non-hydrogen) atoms. The van der Waals surface area contributed by atoms with Gasteiger partial charge in [0.15, 0.2) is 19.0 Å². The molecule has 2 aromatic heterocycles. The highest BCUT2D eigenvalue weighted by Crippen LogP contribution is 2.31. The van der Waals surface area contributed by atoms with Crippen molar-refractivity contribution in [2.45, 2.75) is 84.4 Å². The van der Waals surface area contributed by atoms with Crippen LogP contribution < -0.4 is 0 Å². The Labute approximate surface area is 268 Å². The van der Waals surface area contributed by atoms with E-state index in [1.54, 1.807) is 74.0 Å². The highest BCUT2D eigenvalue weighted by atomic mass is 16.6. The van der Waals surface area contributed by atoms with Gasteiger partial charge in [0.1, 0.15) is 17.3 Å². The van der Waals surface area contributed by atoms with Gasteiger partial charge in [-0.25, -0.2) is 14.6 Å². The molecule has 0 N–H and O–H groups in total. The number of hydrogen-bond donors (Lipinski definition) is 0. The van der Waals surface area contributed by atoms with Crippen molar-refractivity contribution in [2.24, 2.45) is 11.8 Å². The number of rotatable bonds is 9. The van der Waals surface area contributed by atoms with Gasteiger partial charge in [0, 0.05) is 23.4 Å². The molecule has 1 saturated carbocycles. The summed E-state index contributed by atoms with van der Waals surface area (Å²) >= 11 is 0. The van der Waals surface area contributed by atoms with Crippen LogP contribution >= 0.6 is 0 Å². The van der Waals surface area contributed by atoms with Crippen LogP contribution in [0.2, 0.25) is 0 Å². The number of esters is 2.